The Bertz CT molecular complexity index is 1290. The van der Waals surface area contributed by atoms with E-state index in [2.05, 4.69) is 15.6 Å². The van der Waals surface area contributed by atoms with Gasteiger partial charge in [0.25, 0.3) is 5.91 Å². The van der Waals surface area contributed by atoms with Crippen molar-refractivity contribution in [3.63, 3.8) is 0 Å². The molecule has 5 rings (SSSR count). The molecule has 0 bridgehead atoms. The summed E-state index contributed by atoms with van der Waals surface area (Å²) in [4.78, 5) is 26.8. The number of benzene rings is 2. The van der Waals surface area contributed by atoms with Gasteiger partial charge in [0.2, 0.25) is 0 Å². The van der Waals surface area contributed by atoms with Crippen LogP contribution in [0.2, 0.25) is 5.02 Å². The summed E-state index contributed by atoms with van der Waals surface area (Å²) >= 11 is 6.28. The van der Waals surface area contributed by atoms with E-state index in [1.165, 1.54) is 6.42 Å². The van der Waals surface area contributed by atoms with Gasteiger partial charge in [-0.2, -0.15) is 0 Å². The Hall–Kier alpha value is -3.51. The molecular formula is C26H24ClN5O. The first-order valence-electron chi connectivity index (χ1n) is 11.2. The standard InChI is InChI=1S/C26H24ClN5O/c27-18-12-13-23-21(15-18)25(32-24(30-23)17-7-6-14-28-16-17)31-22-11-5-4-10-20(22)26(33)29-19-8-2-1-3-9-19/h4-7,10-16,19H,1-3,8-9H2,(H,29,33)(H,30,31,32). The largest absolute Gasteiger partial charge is 0.349 e. The lowest BCUT2D eigenvalue weighted by Crippen LogP contribution is -2.36. The average molecular weight is 458 g/mol. The minimum atomic E-state index is -0.0751. The van der Waals surface area contributed by atoms with Gasteiger partial charge in [0, 0.05) is 34.4 Å². The molecule has 0 aliphatic heterocycles. The molecule has 2 aromatic heterocycles. The van der Waals surface area contributed by atoms with Crippen molar-refractivity contribution >= 4 is 39.9 Å². The van der Waals surface area contributed by atoms with Crippen molar-refractivity contribution in [3.8, 4) is 11.4 Å². The fourth-order valence-electron chi connectivity index (χ4n) is 4.25. The highest BCUT2D eigenvalue weighted by atomic mass is 35.5. The molecule has 4 aromatic rings. The molecular weight excluding hydrogens is 434 g/mol. The van der Waals surface area contributed by atoms with Crippen LogP contribution in [-0.4, -0.2) is 26.9 Å². The van der Waals surface area contributed by atoms with E-state index >= 15 is 0 Å². The molecule has 1 fully saturated rings. The Morgan fingerprint density at radius 1 is 0.970 bits per heavy atom. The van der Waals surface area contributed by atoms with Gasteiger partial charge in [-0.3, -0.25) is 9.78 Å². The summed E-state index contributed by atoms with van der Waals surface area (Å²) in [6, 6.07) is 17.0. The van der Waals surface area contributed by atoms with Crippen molar-refractivity contribution in [2.24, 2.45) is 0 Å². The summed E-state index contributed by atoms with van der Waals surface area (Å²) in [5, 5.41) is 7.95. The second kappa shape index (κ2) is 9.55. The lowest BCUT2D eigenvalue weighted by Gasteiger charge is -2.23. The first-order chi connectivity index (χ1) is 16.2. The van der Waals surface area contributed by atoms with Gasteiger partial charge in [-0.15, -0.1) is 0 Å². The summed E-state index contributed by atoms with van der Waals surface area (Å²) in [7, 11) is 0. The molecule has 2 aromatic carbocycles. The maximum absolute atomic E-state index is 13.1. The molecule has 166 valence electrons. The number of carbonyl (C=O) groups excluding carboxylic acids is 1. The Morgan fingerprint density at radius 3 is 2.64 bits per heavy atom. The quantitative estimate of drug-likeness (QED) is 0.375. The third kappa shape index (κ3) is 4.81. The van der Waals surface area contributed by atoms with E-state index in [9.17, 15) is 4.79 Å². The predicted octanol–water partition coefficient (Wildman–Crippen LogP) is 6.15. The highest BCUT2D eigenvalue weighted by Gasteiger charge is 2.19. The second-order valence-corrected chi connectivity index (χ2v) is 8.71. The molecule has 0 saturated heterocycles. The summed E-state index contributed by atoms with van der Waals surface area (Å²) in [6.45, 7) is 0. The molecule has 33 heavy (non-hydrogen) atoms. The normalized spacial score (nSPS) is 14.2. The van der Waals surface area contributed by atoms with Crippen LogP contribution in [0.4, 0.5) is 11.5 Å². The highest BCUT2D eigenvalue weighted by Crippen LogP contribution is 2.30. The summed E-state index contributed by atoms with van der Waals surface area (Å²) in [5.74, 6) is 1.05. The smallest absolute Gasteiger partial charge is 0.253 e. The maximum atomic E-state index is 13.1. The molecule has 0 radical (unpaired) electrons. The zero-order chi connectivity index (χ0) is 22.6. The number of amides is 1. The number of anilines is 2. The Balaban J connectivity index is 1.52. The van der Waals surface area contributed by atoms with Crippen LogP contribution in [0, 0.1) is 0 Å². The fraction of sp³-hybridized carbons (Fsp3) is 0.231. The van der Waals surface area contributed by atoms with Gasteiger partial charge in [0.15, 0.2) is 5.82 Å². The van der Waals surface area contributed by atoms with Crippen molar-refractivity contribution in [1.29, 1.82) is 0 Å². The van der Waals surface area contributed by atoms with E-state index in [1.54, 1.807) is 18.5 Å². The van der Waals surface area contributed by atoms with Crippen molar-refractivity contribution in [2.45, 2.75) is 38.1 Å². The number of para-hydroxylation sites is 1. The average Bonchev–Trinajstić information content (AvgIpc) is 2.85. The van der Waals surface area contributed by atoms with Gasteiger partial charge in [0.05, 0.1) is 16.8 Å². The minimum absolute atomic E-state index is 0.0751. The monoisotopic (exact) mass is 457 g/mol. The molecule has 0 unspecified atom stereocenters. The van der Waals surface area contributed by atoms with Crippen LogP contribution < -0.4 is 10.6 Å². The number of nitrogens with one attached hydrogen (secondary N) is 2. The molecule has 0 atom stereocenters. The molecule has 6 nitrogen and oxygen atoms in total. The lowest BCUT2D eigenvalue weighted by atomic mass is 9.95. The summed E-state index contributed by atoms with van der Waals surface area (Å²) in [6.07, 6.45) is 9.07. The topological polar surface area (TPSA) is 79.8 Å². The Labute approximate surface area is 197 Å². The number of aromatic nitrogens is 3. The van der Waals surface area contributed by atoms with Crippen molar-refractivity contribution in [1.82, 2.24) is 20.3 Å². The molecule has 1 aliphatic carbocycles. The third-order valence-corrected chi connectivity index (χ3v) is 6.18. The van der Waals surface area contributed by atoms with E-state index in [4.69, 9.17) is 21.6 Å². The molecule has 1 amide bonds. The number of hydrogen-bond acceptors (Lipinski definition) is 5. The zero-order valence-electron chi connectivity index (χ0n) is 18.1. The SMILES string of the molecule is O=C(NC1CCCCC1)c1ccccc1Nc1nc(-c2cccnc2)nc2ccc(Cl)cc12. The van der Waals surface area contributed by atoms with Gasteiger partial charge in [-0.25, -0.2) is 9.97 Å². The molecule has 1 aliphatic rings. The van der Waals surface area contributed by atoms with Crippen LogP contribution in [0.3, 0.4) is 0 Å². The Kier molecular flexibility index (Phi) is 6.17. The second-order valence-electron chi connectivity index (χ2n) is 8.28. The first kappa shape index (κ1) is 21.3. The molecule has 2 heterocycles. The number of pyridine rings is 1. The predicted molar refractivity (Wildman–Crippen MR) is 132 cm³/mol. The number of halogens is 1. The number of carbonyl (C=O) groups is 1. The van der Waals surface area contributed by atoms with E-state index in [0.717, 1.165) is 42.1 Å². The summed E-state index contributed by atoms with van der Waals surface area (Å²) < 4.78 is 0. The molecule has 2 N–H and O–H groups in total. The fourth-order valence-corrected chi connectivity index (χ4v) is 4.42. The molecule has 7 heteroatoms. The molecule has 0 spiro atoms. The van der Waals surface area contributed by atoms with Crippen molar-refractivity contribution in [2.75, 3.05) is 5.32 Å². The van der Waals surface area contributed by atoms with E-state index in [-0.39, 0.29) is 11.9 Å². The van der Waals surface area contributed by atoms with Gasteiger partial charge in [-0.1, -0.05) is 43.0 Å². The van der Waals surface area contributed by atoms with Crippen LogP contribution in [0.15, 0.2) is 67.0 Å². The van der Waals surface area contributed by atoms with E-state index < -0.39 is 0 Å². The minimum Gasteiger partial charge on any atom is -0.349 e. The van der Waals surface area contributed by atoms with Crippen LogP contribution in [0.1, 0.15) is 42.5 Å². The van der Waals surface area contributed by atoms with E-state index in [0.29, 0.717) is 27.9 Å². The van der Waals surface area contributed by atoms with Crippen LogP contribution in [0.25, 0.3) is 22.3 Å². The van der Waals surface area contributed by atoms with Crippen LogP contribution in [-0.2, 0) is 0 Å². The van der Waals surface area contributed by atoms with Crippen molar-refractivity contribution < 1.29 is 4.79 Å². The number of hydrogen-bond donors (Lipinski definition) is 2. The maximum Gasteiger partial charge on any atom is 0.253 e. The van der Waals surface area contributed by atoms with Gasteiger partial charge >= 0.3 is 0 Å². The third-order valence-electron chi connectivity index (χ3n) is 5.94. The molecule has 1 saturated carbocycles. The Morgan fingerprint density at radius 2 is 1.82 bits per heavy atom. The van der Waals surface area contributed by atoms with Gasteiger partial charge in [-0.05, 0) is 55.3 Å². The first-order valence-corrected chi connectivity index (χ1v) is 11.6. The zero-order valence-corrected chi connectivity index (χ0v) is 18.8. The number of rotatable bonds is 5. The number of fused-ring (bicyclic) bond motifs is 1. The lowest BCUT2D eigenvalue weighted by molar-refractivity contribution is 0.0928. The van der Waals surface area contributed by atoms with Gasteiger partial charge in [0.1, 0.15) is 5.82 Å². The highest BCUT2D eigenvalue weighted by molar-refractivity contribution is 6.31. The number of nitrogens with zero attached hydrogens (tertiary/aromatic N) is 3. The van der Waals surface area contributed by atoms with E-state index in [1.807, 2.05) is 48.5 Å². The van der Waals surface area contributed by atoms with Crippen LogP contribution >= 0.6 is 11.6 Å². The van der Waals surface area contributed by atoms with Crippen LogP contribution in [0.5, 0.6) is 0 Å². The van der Waals surface area contributed by atoms with Gasteiger partial charge < -0.3 is 10.6 Å². The summed E-state index contributed by atoms with van der Waals surface area (Å²) in [5.41, 5.74) is 2.82. The van der Waals surface area contributed by atoms with Crippen molar-refractivity contribution in [3.05, 3.63) is 77.6 Å².